The average molecular weight is 272 g/mol. The van der Waals surface area contributed by atoms with Crippen LogP contribution >= 0.6 is 23.5 Å². The Balaban J connectivity index is 2.80. The van der Waals surface area contributed by atoms with E-state index in [4.69, 9.17) is 5.73 Å². The molecule has 0 aliphatic rings. The van der Waals surface area contributed by atoms with Gasteiger partial charge in [-0.3, -0.25) is 0 Å². The number of anilines is 2. The first kappa shape index (κ1) is 14.4. The molecular formula is C11H20N4S2. The average Bonchev–Trinajstić information content (AvgIpc) is 2.34. The zero-order valence-electron chi connectivity index (χ0n) is 10.8. The van der Waals surface area contributed by atoms with Crippen molar-refractivity contribution in [1.29, 1.82) is 0 Å². The largest absolute Gasteiger partial charge is 0.383 e. The fourth-order valence-corrected chi connectivity index (χ4v) is 2.37. The topological polar surface area (TPSA) is 55.0 Å². The van der Waals surface area contributed by atoms with E-state index in [1.807, 2.05) is 24.1 Å². The molecule has 2 N–H and O–H groups in total. The van der Waals surface area contributed by atoms with Crippen LogP contribution in [0.3, 0.4) is 0 Å². The van der Waals surface area contributed by atoms with E-state index in [-0.39, 0.29) is 0 Å². The molecule has 1 atom stereocenters. The molecule has 1 unspecified atom stereocenters. The Morgan fingerprint density at radius 2 is 2.12 bits per heavy atom. The zero-order valence-corrected chi connectivity index (χ0v) is 12.4. The highest BCUT2D eigenvalue weighted by Gasteiger charge is 2.12. The highest BCUT2D eigenvalue weighted by Crippen LogP contribution is 2.20. The SMILES string of the molecule is CSCCC(C)N(C)c1cc(N)nc(SC)n1. The van der Waals surface area contributed by atoms with Crippen molar-refractivity contribution in [2.45, 2.75) is 24.5 Å². The van der Waals surface area contributed by atoms with Crippen LogP contribution in [0.1, 0.15) is 13.3 Å². The molecule has 96 valence electrons. The second kappa shape index (κ2) is 6.96. The molecule has 0 saturated heterocycles. The van der Waals surface area contributed by atoms with Crippen molar-refractivity contribution in [3.63, 3.8) is 0 Å². The molecule has 0 amide bonds. The maximum absolute atomic E-state index is 5.78. The van der Waals surface area contributed by atoms with Gasteiger partial charge in [-0.2, -0.15) is 11.8 Å². The standard InChI is InChI=1S/C11H20N4S2/c1-8(5-6-16-3)15(2)10-7-9(12)13-11(14-10)17-4/h7-8H,5-6H2,1-4H3,(H2,12,13,14). The Morgan fingerprint density at radius 3 is 2.71 bits per heavy atom. The summed E-state index contributed by atoms with van der Waals surface area (Å²) in [5.74, 6) is 2.58. The first-order valence-corrected chi connectivity index (χ1v) is 8.10. The number of hydrogen-bond donors (Lipinski definition) is 1. The van der Waals surface area contributed by atoms with Crippen LogP contribution in [0, 0.1) is 0 Å². The summed E-state index contributed by atoms with van der Waals surface area (Å²) in [5, 5.41) is 0.726. The van der Waals surface area contributed by atoms with Crippen molar-refractivity contribution in [3.8, 4) is 0 Å². The van der Waals surface area contributed by atoms with Crippen LogP contribution in [0.5, 0.6) is 0 Å². The predicted molar refractivity (Wildman–Crippen MR) is 79.1 cm³/mol. The van der Waals surface area contributed by atoms with Crippen molar-refractivity contribution in [2.75, 3.05) is 35.9 Å². The van der Waals surface area contributed by atoms with Crippen LogP contribution in [-0.4, -0.2) is 41.3 Å². The molecule has 1 rings (SSSR count). The number of nitrogens with zero attached hydrogens (tertiary/aromatic N) is 3. The molecule has 0 bridgehead atoms. The molecule has 0 aliphatic carbocycles. The normalized spacial score (nSPS) is 12.5. The Kier molecular flexibility index (Phi) is 5.91. The third kappa shape index (κ3) is 4.27. The van der Waals surface area contributed by atoms with Gasteiger partial charge in [-0.15, -0.1) is 0 Å². The summed E-state index contributed by atoms with van der Waals surface area (Å²) in [4.78, 5) is 10.8. The predicted octanol–water partition coefficient (Wildman–Crippen LogP) is 2.36. The smallest absolute Gasteiger partial charge is 0.191 e. The Morgan fingerprint density at radius 1 is 1.41 bits per heavy atom. The van der Waals surface area contributed by atoms with E-state index in [0.29, 0.717) is 11.9 Å². The van der Waals surface area contributed by atoms with Crippen LogP contribution in [0.25, 0.3) is 0 Å². The zero-order chi connectivity index (χ0) is 12.8. The second-order valence-corrected chi connectivity index (χ2v) is 5.64. The van der Waals surface area contributed by atoms with Crippen molar-refractivity contribution in [1.82, 2.24) is 9.97 Å². The molecule has 1 heterocycles. The molecular weight excluding hydrogens is 252 g/mol. The lowest BCUT2D eigenvalue weighted by molar-refractivity contribution is 0.657. The lowest BCUT2D eigenvalue weighted by atomic mass is 10.2. The number of nitrogens with two attached hydrogens (primary N) is 1. The first-order chi connectivity index (χ1) is 8.08. The fourth-order valence-electron chi connectivity index (χ4n) is 1.41. The van der Waals surface area contributed by atoms with Gasteiger partial charge < -0.3 is 10.6 Å². The van der Waals surface area contributed by atoms with E-state index >= 15 is 0 Å². The van der Waals surface area contributed by atoms with E-state index in [1.165, 1.54) is 11.8 Å². The van der Waals surface area contributed by atoms with Crippen LogP contribution in [-0.2, 0) is 0 Å². The summed E-state index contributed by atoms with van der Waals surface area (Å²) >= 11 is 3.38. The summed E-state index contributed by atoms with van der Waals surface area (Å²) in [6, 6.07) is 2.28. The molecule has 1 aromatic rings. The van der Waals surface area contributed by atoms with Crippen LogP contribution in [0.2, 0.25) is 0 Å². The van der Waals surface area contributed by atoms with E-state index in [9.17, 15) is 0 Å². The summed E-state index contributed by atoms with van der Waals surface area (Å²) in [7, 11) is 2.05. The molecule has 6 heteroatoms. The van der Waals surface area contributed by atoms with E-state index < -0.39 is 0 Å². The third-order valence-electron chi connectivity index (χ3n) is 2.66. The minimum atomic E-state index is 0.450. The van der Waals surface area contributed by atoms with Crippen LogP contribution in [0.4, 0.5) is 11.6 Å². The molecule has 4 nitrogen and oxygen atoms in total. The molecule has 17 heavy (non-hydrogen) atoms. The van der Waals surface area contributed by atoms with E-state index in [2.05, 4.69) is 35.1 Å². The number of hydrogen-bond acceptors (Lipinski definition) is 6. The lowest BCUT2D eigenvalue weighted by Gasteiger charge is -2.26. The minimum Gasteiger partial charge on any atom is -0.383 e. The molecule has 0 spiro atoms. The quantitative estimate of drug-likeness (QED) is 0.634. The van der Waals surface area contributed by atoms with Crippen molar-refractivity contribution in [2.24, 2.45) is 0 Å². The summed E-state index contributed by atoms with van der Waals surface area (Å²) in [5.41, 5.74) is 5.78. The van der Waals surface area contributed by atoms with Gasteiger partial charge in [0, 0.05) is 19.2 Å². The van der Waals surface area contributed by atoms with Gasteiger partial charge >= 0.3 is 0 Å². The van der Waals surface area contributed by atoms with Crippen LogP contribution in [0.15, 0.2) is 11.2 Å². The number of aromatic nitrogens is 2. The van der Waals surface area contributed by atoms with Gasteiger partial charge in [0.1, 0.15) is 11.6 Å². The van der Waals surface area contributed by atoms with Crippen molar-refractivity contribution in [3.05, 3.63) is 6.07 Å². The Labute approximate surface area is 112 Å². The lowest BCUT2D eigenvalue weighted by Crippen LogP contribution is -2.30. The Hall–Kier alpha value is -0.620. The van der Waals surface area contributed by atoms with E-state index in [1.54, 1.807) is 0 Å². The fraction of sp³-hybridized carbons (Fsp3) is 0.636. The summed E-state index contributed by atoms with van der Waals surface area (Å²) in [6.45, 7) is 2.20. The maximum Gasteiger partial charge on any atom is 0.191 e. The molecule has 0 fully saturated rings. The van der Waals surface area contributed by atoms with Crippen molar-refractivity contribution < 1.29 is 0 Å². The summed E-state index contributed by atoms with van der Waals surface area (Å²) < 4.78 is 0. The number of rotatable bonds is 6. The van der Waals surface area contributed by atoms with Crippen LogP contribution < -0.4 is 10.6 Å². The van der Waals surface area contributed by atoms with Gasteiger partial charge in [0.15, 0.2) is 5.16 Å². The monoisotopic (exact) mass is 272 g/mol. The third-order valence-corrected chi connectivity index (χ3v) is 3.85. The summed E-state index contributed by atoms with van der Waals surface area (Å²) in [6.07, 6.45) is 5.22. The number of nitrogen functional groups attached to an aromatic ring is 1. The van der Waals surface area contributed by atoms with Gasteiger partial charge in [0.2, 0.25) is 0 Å². The molecule has 0 saturated carbocycles. The minimum absolute atomic E-state index is 0.450. The van der Waals surface area contributed by atoms with E-state index in [0.717, 1.165) is 23.1 Å². The number of thioether (sulfide) groups is 2. The highest BCUT2D eigenvalue weighted by molar-refractivity contribution is 7.98. The Bertz CT molecular complexity index is 359. The maximum atomic E-state index is 5.78. The van der Waals surface area contributed by atoms with Gasteiger partial charge in [0.25, 0.3) is 0 Å². The highest BCUT2D eigenvalue weighted by atomic mass is 32.2. The van der Waals surface area contributed by atoms with Gasteiger partial charge in [-0.1, -0.05) is 11.8 Å². The molecule has 1 aromatic heterocycles. The second-order valence-electron chi connectivity index (χ2n) is 3.88. The molecule has 0 radical (unpaired) electrons. The molecule has 0 aliphatic heterocycles. The molecule has 0 aromatic carbocycles. The van der Waals surface area contributed by atoms with Crippen molar-refractivity contribution >= 4 is 35.2 Å². The van der Waals surface area contributed by atoms with Gasteiger partial charge in [-0.25, -0.2) is 9.97 Å². The van der Waals surface area contributed by atoms with Gasteiger partial charge in [0.05, 0.1) is 0 Å². The first-order valence-electron chi connectivity index (χ1n) is 5.48. The van der Waals surface area contributed by atoms with Gasteiger partial charge in [-0.05, 0) is 31.6 Å².